The second kappa shape index (κ2) is 5.89. The third-order valence-corrected chi connectivity index (χ3v) is 3.79. The Hall–Kier alpha value is -1.82. The van der Waals surface area contributed by atoms with Gasteiger partial charge in [-0.05, 0) is 47.8 Å². The van der Waals surface area contributed by atoms with E-state index in [1.54, 1.807) is 18.5 Å². The number of hydrogen-bond acceptors (Lipinski definition) is 4. The molecule has 2 aromatic heterocycles. The van der Waals surface area contributed by atoms with Crippen molar-refractivity contribution in [1.82, 2.24) is 20.3 Å². The molecule has 1 saturated carbocycles. The van der Waals surface area contributed by atoms with Crippen LogP contribution in [0, 0.1) is 6.92 Å². The number of aryl methyl sites for hydroxylation is 1. The fourth-order valence-electron chi connectivity index (χ4n) is 2.18. The van der Waals surface area contributed by atoms with Crippen molar-refractivity contribution in [1.29, 1.82) is 0 Å². The van der Waals surface area contributed by atoms with Crippen molar-refractivity contribution in [3.63, 3.8) is 0 Å². The summed E-state index contributed by atoms with van der Waals surface area (Å²) < 4.78 is 0.815. The van der Waals surface area contributed by atoms with E-state index in [4.69, 9.17) is 0 Å². The van der Waals surface area contributed by atoms with Crippen LogP contribution in [0.3, 0.4) is 0 Å². The van der Waals surface area contributed by atoms with Crippen LogP contribution in [0.25, 0.3) is 0 Å². The molecule has 3 rings (SSSR count). The van der Waals surface area contributed by atoms with Gasteiger partial charge in [0.1, 0.15) is 5.82 Å². The number of aromatic nitrogens is 3. The minimum absolute atomic E-state index is 0.109. The van der Waals surface area contributed by atoms with E-state index in [2.05, 4.69) is 36.2 Å². The molecule has 1 aliphatic rings. The first-order valence-electron chi connectivity index (χ1n) is 6.85. The van der Waals surface area contributed by atoms with E-state index in [-0.39, 0.29) is 5.91 Å². The van der Waals surface area contributed by atoms with Crippen molar-refractivity contribution in [3.05, 3.63) is 51.8 Å². The van der Waals surface area contributed by atoms with E-state index >= 15 is 0 Å². The number of hydrogen-bond donors (Lipinski definition) is 1. The second-order valence-electron chi connectivity index (χ2n) is 5.14. The lowest BCUT2D eigenvalue weighted by Gasteiger charge is -2.09. The van der Waals surface area contributed by atoms with Crippen LogP contribution in [0.2, 0.25) is 0 Å². The molecule has 21 heavy (non-hydrogen) atoms. The number of pyridine rings is 1. The van der Waals surface area contributed by atoms with E-state index in [1.165, 1.54) is 0 Å². The summed E-state index contributed by atoms with van der Waals surface area (Å²) in [6, 6.07) is 3.63. The topological polar surface area (TPSA) is 67.8 Å². The summed E-state index contributed by atoms with van der Waals surface area (Å²) in [5.74, 6) is 1.02. The zero-order chi connectivity index (χ0) is 14.8. The van der Waals surface area contributed by atoms with Crippen LogP contribution < -0.4 is 5.32 Å². The summed E-state index contributed by atoms with van der Waals surface area (Å²) in [7, 11) is 0. The number of amides is 1. The van der Waals surface area contributed by atoms with Gasteiger partial charge < -0.3 is 5.32 Å². The molecule has 0 unspecified atom stereocenters. The molecule has 0 atom stereocenters. The first kappa shape index (κ1) is 14.1. The lowest BCUT2D eigenvalue weighted by Crippen LogP contribution is -2.25. The highest BCUT2D eigenvalue weighted by Crippen LogP contribution is 2.40. The van der Waals surface area contributed by atoms with Gasteiger partial charge >= 0.3 is 0 Å². The van der Waals surface area contributed by atoms with E-state index < -0.39 is 0 Å². The summed E-state index contributed by atoms with van der Waals surface area (Å²) in [6.45, 7) is 2.22. The third-order valence-electron chi connectivity index (χ3n) is 3.36. The average Bonchev–Trinajstić information content (AvgIpc) is 3.29. The van der Waals surface area contributed by atoms with Crippen molar-refractivity contribution >= 4 is 21.8 Å². The summed E-state index contributed by atoms with van der Waals surface area (Å²) in [5.41, 5.74) is 2.35. The first-order valence-corrected chi connectivity index (χ1v) is 7.65. The summed E-state index contributed by atoms with van der Waals surface area (Å²) in [4.78, 5) is 25.1. The van der Waals surface area contributed by atoms with Gasteiger partial charge in [0.15, 0.2) is 0 Å². The van der Waals surface area contributed by atoms with Crippen molar-refractivity contribution in [3.8, 4) is 0 Å². The molecule has 1 aliphatic carbocycles. The Bertz CT molecular complexity index is 685. The van der Waals surface area contributed by atoms with Crippen LogP contribution in [0.15, 0.2) is 29.0 Å². The van der Waals surface area contributed by atoms with Crippen molar-refractivity contribution < 1.29 is 4.79 Å². The minimum atomic E-state index is -0.109. The molecular formula is C15H15BrN4O. The molecule has 0 radical (unpaired) electrons. The Morgan fingerprint density at radius 3 is 2.95 bits per heavy atom. The summed E-state index contributed by atoms with van der Waals surface area (Å²) in [5, 5.41) is 2.90. The highest BCUT2D eigenvalue weighted by atomic mass is 79.9. The number of nitrogens with zero attached hydrogens (tertiary/aromatic N) is 3. The van der Waals surface area contributed by atoms with Gasteiger partial charge in [0.2, 0.25) is 0 Å². The van der Waals surface area contributed by atoms with Crippen LogP contribution in [-0.2, 0) is 6.54 Å². The molecule has 2 aromatic rings. The van der Waals surface area contributed by atoms with Crippen molar-refractivity contribution in [2.45, 2.75) is 32.2 Å². The van der Waals surface area contributed by atoms with E-state index in [0.717, 1.165) is 28.7 Å². The maximum atomic E-state index is 12.4. The standard InChI is InChI=1S/C15H15BrN4O/c1-9-17-5-4-12(20-9)8-19-15(21)13-6-11(16)7-18-14(13)10-2-3-10/h4-7,10H,2-3,8H2,1H3,(H,19,21). The lowest BCUT2D eigenvalue weighted by molar-refractivity contribution is 0.0949. The molecule has 0 aliphatic heterocycles. The Morgan fingerprint density at radius 1 is 1.43 bits per heavy atom. The Labute approximate surface area is 131 Å². The van der Waals surface area contributed by atoms with Gasteiger partial charge in [-0.1, -0.05) is 0 Å². The van der Waals surface area contributed by atoms with E-state index in [1.807, 2.05) is 13.0 Å². The average molecular weight is 347 g/mol. The zero-order valence-corrected chi connectivity index (χ0v) is 13.2. The molecule has 1 amide bonds. The summed E-state index contributed by atoms with van der Waals surface area (Å²) >= 11 is 3.38. The van der Waals surface area contributed by atoms with Gasteiger partial charge in [0.05, 0.1) is 23.5 Å². The molecule has 5 nitrogen and oxygen atoms in total. The SMILES string of the molecule is Cc1nccc(CNC(=O)c2cc(Br)cnc2C2CC2)n1. The lowest BCUT2D eigenvalue weighted by atomic mass is 10.1. The van der Waals surface area contributed by atoms with E-state index in [0.29, 0.717) is 23.9 Å². The second-order valence-corrected chi connectivity index (χ2v) is 6.05. The predicted molar refractivity (Wildman–Crippen MR) is 81.9 cm³/mol. The molecule has 0 spiro atoms. The van der Waals surface area contributed by atoms with Crippen LogP contribution >= 0.6 is 15.9 Å². The molecule has 0 bridgehead atoms. The molecule has 2 heterocycles. The Balaban J connectivity index is 1.74. The van der Waals surface area contributed by atoms with Gasteiger partial charge in [-0.2, -0.15) is 0 Å². The van der Waals surface area contributed by atoms with Crippen LogP contribution in [0.1, 0.15) is 46.3 Å². The van der Waals surface area contributed by atoms with Crippen LogP contribution in [0.5, 0.6) is 0 Å². The first-order chi connectivity index (χ1) is 10.1. The van der Waals surface area contributed by atoms with Crippen LogP contribution in [-0.4, -0.2) is 20.9 Å². The summed E-state index contributed by atoms with van der Waals surface area (Å²) in [6.07, 6.45) is 5.67. The molecular weight excluding hydrogens is 332 g/mol. The molecule has 1 fully saturated rings. The Morgan fingerprint density at radius 2 is 2.24 bits per heavy atom. The number of rotatable bonds is 4. The monoisotopic (exact) mass is 346 g/mol. The van der Waals surface area contributed by atoms with Gasteiger partial charge in [-0.15, -0.1) is 0 Å². The Kier molecular flexibility index (Phi) is 3.96. The fraction of sp³-hybridized carbons (Fsp3) is 0.333. The van der Waals surface area contributed by atoms with Gasteiger partial charge in [-0.25, -0.2) is 9.97 Å². The number of nitrogens with one attached hydrogen (secondary N) is 1. The predicted octanol–water partition coefficient (Wildman–Crippen LogP) is 2.75. The largest absolute Gasteiger partial charge is 0.346 e. The van der Waals surface area contributed by atoms with Crippen LogP contribution in [0.4, 0.5) is 0 Å². The number of carbonyl (C=O) groups is 1. The molecule has 6 heteroatoms. The highest BCUT2D eigenvalue weighted by Gasteiger charge is 2.29. The van der Waals surface area contributed by atoms with Crippen molar-refractivity contribution in [2.24, 2.45) is 0 Å². The maximum Gasteiger partial charge on any atom is 0.253 e. The number of carbonyl (C=O) groups excluding carboxylic acids is 1. The fourth-order valence-corrected chi connectivity index (χ4v) is 2.51. The van der Waals surface area contributed by atoms with Gasteiger partial charge in [0, 0.05) is 22.8 Å². The zero-order valence-electron chi connectivity index (χ0n) is 11.6. The molecule has 0 aromatic carbocycles. The maximum absolute atomic E-state index is 12.4. The van der Waals surface area contributed by atoms with Gasteiger partial charge in [-0.3, -0.25) is 9.78 Å². The minimum Gasteiger partial charge on any atom is -0.346 e. The highest BCUT2D eigenvalue weighted by molar-refractivity contribution is 9.10. The van der Waals surface area contributed by atoms with Crippen molar-refractivity contribution in [2.75, 3.05) is 0 Å². The smallest absolute Gasteiger partial charge is 0.253 e. The normalized spacial score (nSPS) is 14.0. The molecule has 0 saturated heterocycles. The molecule has 108 valence electrons. The number of halogens is 1. The third kappa shape index (κ3) is 3.44. The van der Waals surface area contributed by atoms with E-state index in [9.17, 15) is 4.79 Å². The quantitative estimate of drug-likeness (QED) is 0.924. The van der Waals surface area contributed by atoms with Gasteiger partial charge in [0.25, 0.3) is 5.91 Å². The molecule has 1 N–H and O–H groups in total.